The standard InChI is InChI=1S/C41H37N3O3S3/c1-3-44(26-27-46-41(45)30-6-4-5-7-30)32-10-25-40(29(2)28-32)43-42-31-8-11-33(12-9-31)47-34-13-17-36(18-14-34)49-38-21-23-39(24-22-38)50-37-19-15-35(48)16-20-37/h4,6-25,28,48H,3,5,26-27H2,1-2H3. The Morgan fingerprint density at radius 1 is 0.780 bits per heavy atom. The van der Waals surface area contributed by atoms with Gasteiger partial charge in [-0.25, -0.2) is 4.79 Å². The molecule has 252 valence electrons. The number of azo groups is 1. The molecule has 0 radical (unpaired) electrons. The maximum atomic E-state index is 12.2. The fraction of sp³-hybridized carbons (Fsp3) is 0.146. The lowest BCUT2D eigenvalue weighted by Gasteiger charge is -2.23. The number of esters is 1. The molecule has 50 heavy (non-hydrogen) atoms. The Labute approximate surface area is 307 Å². The molecule has 0 fully saturated rings. The molecule has 1 aliphatic rings. The summed E-state index contributed by atoms with van der Waals surface area (Å²) in [7, 11) is 0. The number of nitrogens with zero attached hydrogens (tertiary/aromatic N) is 3. The smallest absolute Gasteiger partial charge is 0.337 e. The maximum absolute atomic E-state index is 12.2. The Morgan fingerprint density at radius 2 is 1.36 bits per heavy atom. The number of hydrogen-bond donors (Lipinski definition) is 1. The van der Waals surface area contributed by atoms with E-state index in [1.807, 2.05) is 85.8 Å². The van der Waals surface area contributed by atoms with Crippen LogP contribution in [0.4, 0.5) is 17.1 Å². The molecule has 0 spiro atoms. The third-order valence-electron chi connectivity index (χ3n) is 7.83. The second-order valence-corrected chi connectivity index (χ2v) is 14.2. The van der Waals surface area contributed by atoms with Crippen molar-refractivity contribution >= 4 is 59.2 Å². The molecule has 0 atom stereocenters. The fourth-order valence-electron chi connectivity index (χ4n) is 5.13. The van der Waals surface area contributed by atoms with Crippen molar-refractivity contribution in [1.82, 2.24) is 0 Å². The van der Waals surface area contributed by atoms with Gasteiger partial charge in [0.15, 0.2) is 0 Å². The molecule has 0 bridgehead atoms. The third kappa shape index (κ3) is 9.94. The van der Waals surface area contributed by atoms with E-state index in [1.54, 1.807) is 23.5 Å². The van der Waals surface area contributed by atoms with Gasteiger partial charge in [0, 0.05) is 36.7 Å². The lowest BCUT2D eigenvalue weighted by molar-refractivity contribution is -0.138. The van der Waals surface area contributed by atoms with Gasteiger partial charge in [-0.2, -0.15) is 10.2 Å². The minimum atomic E-state index is -0.268. The molecule has 0 saturated carbocycles. The Morgan fingerprint density at radius 3 is 1.92 bits per heavy atom. The molecule has 0 amide bonds. The number of hydrogen-bond acceptors (Lipinski definition) is 9. The molecule has 0 heterocycles. The van der Waals surface area contributed by atoms with Crippen LogP contribution >= 0.6 is 36.2 Å². The molecule has 0 saturated heterocycles. The highest BCUT2D eigenvalue weighted by molar-refractivity contribution is 7.99. The summed E-state index contributed by atoms with van der Waals surface area (Å²) in [6, 6.07) is 38.5. The highest BCUT2D eigenvalue weighted by atomic mass is 32.2. The zero-order valence-corrected chi connectivity index (χ0v) is 30.4. The van der Waals surface area contributed by atoms with Crippen molar-refractivity contribution in [3.8, 4) is 11.5 Å². The summed E-state index contributed by atoms with van der Waals surface area (Å²) in [5, 5.41) is 8.94. The van der Waals surface area contributed by atoms with Gasteiger partial charge in [0.2, 0.25) is 0 Å². The van der Waals surface area contributed by atoms with Crippen LogP contribution in [0.25, 0.3) is 0 Å². The Balaban J connectivity index is 0.976. The second-order valence-electron chi connectivity index (χ2n) is 11.4. The van der Waals surface area contributed by atoms with Crippen LogP contribution in [0.15, 0.2) is 174 Å². The van der Waals surface area contributed by atoms with Crippen molar-refractivity contribution in [3.63, 3.8) is 0 Å². The minimum Gasteiger partial charge on any atom is -0.460 e. The van der Waals surface area contributed by atoms with E-state index in [-0.39, 0.29) is 5.97 Å². The number of aryl methyl sites for hydroxylation is 1. The first-order chi connectivity index (χ1) is 24.4. The second kappa shape index (κ2) is 17.3. The molecule has 0 aromatic heterocycles. The van der Waals surface area contributed by atoms with Crippen LogP contribution in [0.2, 0.25) is 0 Å². The van der Waals surface area contributed by atoms with Gasteiger partial charge in [-0.3, -0.25) is 0 Å². The van der Waals surface area contributed by atoms with Crippen LogP contribution in [-0.2, 0) is 9.53 Å². The monoisotopic (exact) mass is 715 g/mol. The summed E-state index contributed by atoms with van der Waals surface area (Å²) < 4.78 is 11.5. The largest absolute Gasteiger partial charge is 0.460 e. The van der Waals surface area contributed by atoms with Crippen LogP contribution in [-0.4, -0.2) is 25.7 Å². The highest BCUT2D eigenvalue weighted by Crippen LogP contribution is 2.34. The van der Waals surface area contributed by atoms with E-state index in [4.69, 9.17) is 9.47 Å². The minimum absolute atomic E-state index is 0.268. The van der Waals surface area contributed by atoms with E-state index in [9.17, 15) is 4.79 Å². The summed E-state index contributed by atoms with van der Waals surface area (Å²) in [4.78, 5) is 20.0. The van der Waals surface area contributed by atoms with E-state index in [1.165, 1.54) is 14.7 Å². The molecule has 0 aliphatic heterocycles. The zero-order valence-electron chi connectivity index (χ0n) is 27.9. The van der Waals surface area contributed by atoms with Crippen molar-refractivity contribution < 1.29 is 14.3 Å². The molecular formula is C41H37N3O3S3. The number of benzene rings is 5. The van der Waals surface area contributed by atoms with Crippen LogP contribution in [0, 0.1) is 6.92 Å². The number of carbonyl (C=O) groups excluding carboxylic acids is 1. The van der Waals surface area contributed by atoms with Gasteiger partial charge in [0.05, 0.1) is 23.5 Å². The van der Waals surface area contributed by atoms with Gasteiger partial charge >= 0.3 is 5.97 Å². The predicted octanol–water partition coefficient (Wildman–Crippen LogP) is 12.0. The topological polar surface area (TPSA) is 63.5 Å². The Hall–Kier alpha value is -4.70. The van der Waals surface area contributed by atoms with E-state index in [2.05, 4.69) is 89.3 Å². The van der Waals surface area contributed by atoms with Crippen molar-refractivity contribution in [2.24, 2.45) is 10.2 Å². The van der Waals surface area contributed by atoms with Gasteiger partial charge in [0.1, 0.15) is 18.1 Å². The maximum Gasteiger partial charge on any atom is 0.337 e. The summed E-state index contributed by atoms with van der Waals surface area (Å²) in [5.74, 6) is 1.22. The van der Waals surface area contributed by atoms with Gasteiger partial charge in [-0.1, -0.05) is 41.8 Å². The van der Waals surface area contributed by atoms with Gasteiger partial charge < -0.3 is 14.4 Å². The number of thiol groups is 1. The lowest BCUT2D eigenvalue weighted by atomic mass is 10.1. The Kier molecular flexibility index (Phi) is 12.2. The number of ether oxygens (including phenoxy) is 2. The molecule has 0 N–H and O–H groups in total. The molecular weight excluding hydrogens is 679 g/mol. The average molecular weight is 716 g/mol. The van der Waals surface area contributed by atoms with Crippen molar-refractivity contribution in [3.05, 3.63) is 145 Å². The molecule has 5 aromatic rings. The molecule has 9 heteroatoms. The molecule has 0 unspecified atom stereocenters. The number of allylic oxidation sites excluding steroid dienone is 2. The Bertz CT molecular complexity index is 1990. The van der Waals surface area contributed by atoms with E-state index >= 15 is 0 Å². The van der Waals surface area contributed by atoms with E-state index in [0.29, 0.717) is 18.7 Å². The lowest BCUT2D eigenvalue weighted by Crippen LogP contribution is -2.28. The quantitative estimate of drug-likeness (QED) is 0.0701. The van der Waals surface area contributed by atoms with Crippen molar-refractivity contribution in [1.29, 1.82) is 0 Å². The highest BCUT2D eigenvalue weighted by Gasteiger charge is 2.12. The van der Waals surface area contributed by atoms with Gasteiger partial charge in [-0.15, -0.1) is 12.6 Å². The first-order valence-corrected chi connectivity index (χ1v) is 18.4. The van der Waals surface area contributed by atoms with Crippen molar-refractivity contribution in [2.45, 2.75) is 44.7 Å². The average Bonchev–Trinajstić information content (AvgIpc) is 3.69. The van der Waals surface area contributed by atoms with E-state index in [0.717, 1.165) is 56.9 Å². The third-order valence-corrected chi connectivity index (χ3v) is 10.2. The number of carbonyl (C=O) groups is 1. The van der Waals surface area contributed by atoms with Crippen LogP contribution in [0.1, 0.15) is 18.9 Å². The van der Waals surface area contributed by atoms with Crippen LogP contribution in [0.3, 0.4) is 0 Å². The van der Waals surface area contributed by atoms with Gasteiger partial charge in [0.25, 0.3) is 0 Å². The first-order valence-electron chi connectivity index (χ1n) is 16.4. The zero-order chi connectivity index (χ0) is 34.7. The fourth-order valence-corrected chi connectivity index (χ4v) is 6.91. The SMILES string of the molecule is CCN(CCOC(=O)C1=CCC=C1)c1ccc(N=Nc2ccc(Oc3ccc(Sc4ccc(Sc5ccc(S)cc5)cc4)cc3)cc2)c(C)c1. The molecule has 6 rings (SSSR count). The summed E-state index contributed by atoms with van der Waals surface area (Å²) in [6.45, 7) is 5.83. The van der Waals surface area contributed by atoms with Gasteiger partial charge in [-0.05, 0) is 141 Å². The van der Waals surface area contributed by atoms with Crippen molar-refractivity contribution in [2.75, 3.05) is 24.6 Å². The molecule has 6 nitrogen and oxygen atoms in total. The summed E-state index contributed by atoms with van der Waals surface area (Å²) in [5.41, 5.74) is 4.22. The summed E-state index contributed by atoms with van der Waals surface area (Å²) >= 11 is 7.82. The molecule has 5 aromatic carbocycles. The number of anilines is 1. The van der Waals surface area contributed by atoms with Crippen LogP contribution < -0.4 is 9.64 Å². The number of likely N-dealkylation sites (N-methyl/N-ethyl adjacent to an activating group) is 1. The molecule has 1 aliphatic carbocycles. The first kappa shape index (κ1) is 35.1. The predicted molar refractivity (Wildman–Crippen MR) is 207 cm³/mol. The van der Waals surface area contributed by atoms with E-state index < -0.39 is 0 Å². The van der Waals surface area contributed by atoms with Crippen LogP contribution in [0.5, 0.6) is 11.5 Å². The summed E-state index contributed by atoms with van der Waals surface area (Å²) in [6.07, 6.45) is 6.43. The normalized spacial score (nSPS) is 12.3. The number of rotatable bonds is 14.